The molecule has 0 bridgehead atoms. The van der Waals surface area contributed by atoms with Crippen LogP contribution in [0.4, 0.5) is 10.5 Å². The van der Waals surface area contributed by atoms with Crippen molar-refractivity contribution in [1.82, 2.24) is 9.55 Å². The zero-order chi connectivity index (χ0) is 22.2. The summed E-state index contributed by atoms with van der Waals surface area (Å²) in [7, 11) is 0.638. The third kappa shape index (κ3) is 3.72. The van der Waals surface area contributed by atoms with Crippen LogP contribution < -0.4 is 4.90 Å². The van der Waals surface area contributed by atoms with Gasteiger partial charge in [0.1, 0.15) is 5.82 Å². The summed E-state index contributed by atoms with van der Waals surface area (Å²) in [5.74, 6) is 2.47. The molecule has 0 radical (unpaired) electrons. The number of anilines is 1. The Labute approximate surface area is 191 Å². The average Bonchev–Trinajstić information content (AvgIpc) is 3.17. The largest absolute Gasteiger partial charge is 0.452 e. The van der Waals surface area contributed by atoms with E-state index in [1.807, 2.05) is 12.1 Å². The smallest absolute Gasteiger partial charge is 0.414 e. The minimum absolute atomic E-state index is 0.0824. The quantitative estimate of drug-likeness (QED) is 0.583. The fraction of sp³-hybridized carbons (Fsp3) is 0.440. The highest BCUT2D eigenvalue weighted by Gasteiger charge is 2.32. The summed E-state index contributed by atoms with van der Waals surface area (Å²) in [4.78, 5) is 19.4. The number of benzene rings is 2. The molecule has 2 aliphatic rings. The highest BCUT2D eigenvalue weighted by atomic mass is 32.2. The summed E-state index contributed by atoms with van der Waals surface area (Å²) in [5.41, 5.74) is 5.26. The lowest BCUT2D eigenvalue weighted by molar-refractivity contribution is 0.175. The van der Waals surface area contributed by atoms with E-state index in [4.69, 9.17) is 9.72 Å². The van der Waals surface area contributed by atoms with Crippen molar-refractivity contribution >= 4 is 33.6 Å². The summed E-state index contributed by atoms with van der Waals surface area (Å²) in [6, 6.07) is 14.8. The number of carbonyl (C=O) groups excluding carboxylic acids is 1. The van der Waals surface area contributed by atoms with Gasteiger partial charge in [0, 0.05) is 46.4 Å². The Morgan fingerprint density at radius 2 is 2.00 bits per heavy atom. The van der Waals surface area contributed by atoms with Crippen molar-refractivity contribution in [2.24, 2.45) is 0 Å². The Kier molecular flexibility index (Phi) is 5.76. The number of amides is 1. The first kappa shape index (κ1) is 21.2. The van der Waals surface area contributed by atoms with Crippen LogP contribution in [0.2, 0.25) is 0 Å². The topological polar surface area (TPSA) is 64.4 Å². The number of aryl methyl sites for hydroxylation is 1. The number of carbonyl (C=O) groups is 1. The van der Waals surface area contributed by atoms with Crippen LogP contribution in [0.25, 0.3) is 11.0 Å². The van der Waals surface area contributed by atoms with Gasteiger partial charge < -0.3 is 9.30 Å². The van der Waals surface area contributed by atoms with Crippen molar-refractivity contribution in [3.05, 3.63) is 59.4 Å². The van der Waals surface area contributed by atoms with Gasteiger partial charge in [-0.05, 0) is 50.3 Å². The molecule has 1 unspecified atom stereocenters. The number of methoxy groups -OCH3 is 1. The second-order valence-electron chi connectivity index (χ2n) is 8.83. The van der Waals surface area contributed by atoms with E-state index in [0.29, 0.717) is 5.75 Å². The van der Waals surface area contributed by atoms with Gasteiger partial charge in [-0.25, -0.2) is 9.78 Å². The predicted molar refractivity (Wildman–Crippen MR) is 128 cm³/mol. The minimum atomic E-state index is -0.790. The molecule has 5 rings (SSSR count). The van der Waals surface area contributed by atoms with E-state index in [1.165, 1.54) is 12.7 Å². The Morgan fingerprint density at radius 3 is 2.75 bits per heavy atom. The first-order chi connectivity index (χ1) is 15.6. The summed E-state index contributed by atoms with van der Waals surface area (Å²) < 4.78 is 19.8. The van der Waals surface area contributed by atoms with E-state index in [1.54, 1.807) is 4.90 Å². The SMILES string of the molecule is COC(=O)N1c2ccc3c(nc(Cc4ccccc4)n3[C@@H]3CCCS(=O)C3)c2CC[C@@H]1C. The van der Waals surface area contributed by atoms with E-state index in [2.05, 4.69) is 41.8 Å². The molecule has 2 aliphatic heterocycles. The second kappa shape index (κ2) is 8.70. The number of ether oxygens (including phenoxy) is 1. The van der Waals surface area contributed by atoms with E-state index >= 15 is 0 Å². The molecule has 32 heavy (non-hydrogen) atoms. The maximum Gasteiger partial charge on any atom is 0.414 e. The van der Waals surface area contributed by atoms with Gasteiger partial charge in [0.05, 0.1) is 23.8 Å². The third-order valence-electron chi connectivity index (χ3n) is 6.76. The van der Waals surface area contributed by atoms with Crippen LogP contribution in [0.5, 0.6) is 0 Å². The van der Waals surface area contributed by atoms with Crippen LogP contribution in [0.3, 0.4) is 0 Å². The molecule has 0 N–H and O–H groups in total. The molecule has 168 valence electrons. The minimum Gasteiger partial charge on any atom is -0.452 e. The van der Waals surface area contributed by atoms with E-state index in [9.17, 15) is 9.00 Å². The molecule has 0 aliphatic carbocycles. The number of hydrogen-bond donors (Lipinski definition) is 0. The molecular formula is C25H29N3O3S. The van der Waals surface area contributed by atoms with Crippen LogP contribution in [0.1, 0.15) is 49.2 Å². The monoisotopic (exact) mass is 451 g/mol. The van der Waals surface area contributed by atoms with Crippen molar-refractivity contribution in [3.63, 3.8) is 0 Å². The third-order valence-corrected chi connectivity index (χ3v) is 8.26. The molecular weight excluding hydrogens is 422 g/mol. The molecule has 1 aromatic heterocycles. The zero-order valence-corrected chi connectivity index (χ0v) is 19.4. The average molecular weight is 452 g/mol. The molecule has 7 heteroatoms. The van der Waals surface area contributed by atoms with Gasteiger partial charge in [-0.1, -0.05) is 30.3 Å². The number of rotatable bonds is 3. The van der Waals surface area contributed by atoms with Gasteiger partial charge in [0.15, 0.2) is 0 Å². The van der Waals surface area contributed by atoms with E-state index in [-0.39, 0.29) is 18.2 Å². The molecule has 3 atom stereocenters. The van der Waals surface area contributed by atoms with Crippen LogP contribution in [-0.2, 0) is 28.4 Å². The van der Waals surface area contributed by atoms with Gasteiger partial charge in [0.25, 0.3) is 0 Å². The van der Waals surface area contributed by atoms with E-state index < -0.39 is 10.8 Å². The summed E-state index contributed by atoms with van der Waals surface area (Å²) in [5, 5.41) is 0. The molecule has 3 aromatic rings. The van der Waals surface area contributed by atoms with Gasteiger partial charge in [0.2, 0.25) is 0 Å². The number of fused-ring (bicyclic) bond motifs is 3. The standard InChI is InChI=1S/C25H29N3O3S/c1-17-10-11-20-21(27(17)25(29)31-2)12-13-22-24(20)26-23(15-18-7-4-3-5-8-18)28(22)19-9-6-14-32(30)16-19/h3-5,7-8,12-13,17,19H,6,9-11,14-16H2,1-2H3/t17-,19+,32?/m0/s1. The van der Waals surface area contributed by atoms with Gasteiger partial charge in [-0.15, -0.1) is 0 Å². The van der Waals surface area contributed by atoms with Crippen LogP contribution >= 0.6 is 0 Å². The number of aromatic nitrogens is 2. The highest BCUT2D eigenvalue weighted by molar-refractivity contribution is 7.85. The number of nitrogens with zero attached hydrogens (tertiary/aromatic N) is 3. The summed E-state index contributed by atoms with van der Waals surface area (Å²) in [6.45, 7) is 2.06. The Balaban J connectivity index is 1.67. The number of hydrogen-bond acceptors (Lipinski definition) is 4. The molecule has 1 saturated heterocycles. The lowest BCUT2D eigenvalue weighted by Crippen LogP contribution is -2.42. The van der Waals surface area contributed by atoms with Crippen LogP contribution in [0, 0.1) is 0 Å². The highest BCUT2D eigenvalue weighted by Crippen LogP contribution is 2.38. The molecule has 0 spiro atoms. The second-order valence-corrected chi connectivity index (χ2v) is 10.4. The van der Waals surface area contributed by atoms with Gasteiger partial charge in [-0.2, -0.15) is 0 Å². The fourth-order valence-corrected chi connectivity index (χ4v) is 6.60. The lowest BCUT2D eigenvalue weighted by atomic mass is 9.95. The fourth-order valence-electron chi connectivity index (χ4n) is 5.20. The van der Waals surface area contributed by atoms with E-state index in [0.717, 1.165) is 66.0 Å². The van der Waals surface area contributed by atoms with Crippen molar-refractivity contribution in [2.45, 2.75) is 51.1 Å². The molecule has 0 saturated carbocycles. The predicted octanol–water partition coefficient (Wildman–Crippen LogP) is 4.62. The summed E-state index contributed by atoms with van der Waals surface area (Å²) in [6.07, 6.45) is 4.13. The molecule has 1 amide bonds. The Hall–Kier alpha value is -2.67. The van der Waals surface area contributed by atoms with Crippen molar-refractivity contribution in [3.8, 4) is 0 Å². The lowest BCUT2D eigenvalue weighted by Gasteiger charge is -2.34. The van der Waals surface area contributed by atoms with Crippen molar-refractivity contribution < 1.29 is 13.7 Å². The molecule has 1 fully saturated rings. The van der Waals surface area contributed by atoms with Crippen molar-refractivity contribution in [2.75, 3.05) is 23.5 Å². The molecule has 2 aromatic carbocycles. The Morgan fingerprint density at radius 1 is 1.19 bits per heavy atom. The van der Waals surface area contributed by atoms with Gasteiger partial charge >= 0.3 is 6.09 Å². The zero-order valence-electron chi connectivity index (χ0n) is 18.6. The molecule has 3 heterocycles. The summed E-state index contributed by atoms with van der Waals surface area (Å²) >= 11 is 0. The first-order valence-corrected chi connectivity index (χ1v) is 12.8. The maximum atomic E-state index is 12.5. The Bertz CT molecular complexity index is 1170. The van der Waals surface area contributed by atoms with Crippen molar-refractivity contribution in [1.29, 1.82) is 0 Å². The van der Waals surface area contributed by atoms with Crippen LogP contribution in [-0.4, -0.2) is 44.5 Å². The maximum absolute atomic E-state index is 12.5. The number of imidazole rings is 1. The normalized spacial score (nSPS) is 23.2. The molecule has 6 nitrogen and oxygen atoms in total. The van der Waals surface area contributed by atoms with Gasteiger partial charge in [-0.3, -0.25) is 9.11 Å². The van der Waals surface area contributed by atoms with Crippen LogP contribution in [0.15, 0.2) is 42.5 Å². The first-order valence-electron chi connectivity index (χ1n) is 11.4.